The van der Waals surface area contributed by atoms with E-state index in [4.69, 9.17) is 0 Å². The molecule has 1 N–H and O–H groups in total. The first kappa shape index (κ1) is 14.3. The van der Waals surface area contributed by atoms with E-state index in [9.17, 15) is 18.3 Å². The number of aliphatic hydroxyl groups excluding tert-OH is 1. The summed E-state index contributed by atoms with van der Waals surface area (Å²) in [4.78, 5) is 4.14. The van der Waals surface area contributed by atoms with Gasteiger partial charge in [0.1, 0.15) is 5.75 Å². The molecule has 1 aromatic carbocycles. The Balaban J connectivity index is 2.45. The number of hydrogen-bond acceptors (Lipinski definition) is 3. The fraction of sp³-hybridized carbons (Fsp3) is 0.214. The van der Waals surface area contributed by atoms with Crippen molar-refractivity contribution in [1.82, 2.24) is 4.98 Å². The second kappa shape index (κ2) is 5.50. The summed E-state index contributed by atoms with van der Waals surface area (Å²) < 4.78 is 41.1. The molecule has 0 aliphatic heterocycles. The Morgan fingerprint density at radius 1 is 1.10 bits per heavy atom. The second-order valence-electron chi connectivity index (χ2n) is 4.17. The van der Waals surface area contributed by atoms with E-state index in [1.54, 1.807) is 24.3 Å². The Bertz CT molecular complexity index is 597. The van der Waals surface area contributed by atoms with Crippen LogP contribution in [0.3, 0.4) is 0 Å². The lowest BCUT2D eigenvalue weighted by atomic mass is 10.1. The van der Waals surface area contributed by atoms with Crippen LogP contribution in [0, 0.1) is 0 Å². The topological polar surface area (TPSA) is 42.4 Å². The smallest absolute Gasteiger partial charge is 0.405 e. The highest BCUT2D eigenvalue weighted by Gasteiger charge is 2.32. The van der Waals surface area contributed by atoms with Crippen LogP contribution >= 0.6 is 0 Å². The van der Waals surface area contributed by atoms with Gasteiger partial charge in [-0.15, -0.1) is 13.2 Å². The van der Waals surface area contributed by atoms with Crippen molar-refractivity contribution >= 4 is 0 Å². The lowest BCUT2D eigenvalue weighted by Gasteiger charge is -2.13. The van der Waals surface area contributed by atoms with Gasteiger partial charge in [0.25, 0.3) is 0 Å². The van der Waals surface area contributed by atoms with Crippen LogP contribution in [0.15, 0.2) is 42.5 Å². The highest BCUT2D eigenvalue weighted by Crippen LogP contribution is 2.33. The normalized spacial score (nSPS) is 13.1. The molecule has 2 rings (SSSR count). The maximum Gasteiger partial charge on any atom is 0.573 e. The summed E-state index contributed by atoms with van der Waals surface area (Å²) in [6.45, 7) is 1.53. The predicted molar refractivity (Wildman–Crippen MR) is 67.0 cm³/mol. The van der Waals surface area contributed by atoms with Gasteiger partial charge in [0, 0.05) is 5.56 Å². The van der Waals surface area contributed by atoms with Crippen molar-refractivity contribution in [1.29, 1.82) is 0 Å². The van der Waals surface area contributed by atoms with E-state index in [0.717, 1.165) is 0 Å². The van der Waals surface area contributed by atoms with E-state index in [-0.39, 0.29) is 11.3 Å². The van der Waals surface area contributed by atoms with Crippen LogP contribution in [0.5, 0.6) is 5.75 Å². The molecule has 1 heterocycles. The van der Waals surface area contributed by atoms with Gasteiger partial charge >= 0.3 is 6.36 Å². The number of rotatable bonds is 3. The van der Waals surface area contributed by atoms with E-state index >= 15 is 0 Å². The van der Waals surface area contributed by atoms with Crippen molar-refractivity contribution in [3.63, 3.8) is 0 Å². The molecular formula is C14H12F3NO2. The molecule has 20 heavy (non-hydrogen) atoms. The Kier molecular flexibility index (Phi) is 3.94. The summed E-state index contributed by atoms with van der Waals surface area (Å²) >= 11 is 0. The van der Waals surface area contributed by atoms with Crippen LogP contribution in [0.25, 0.3) is 11.3 Å². The maximum atomic E-state index is 12.4. The summed E-state index contributed by atoms with van der Waals surface area (Å²) in [5.74, 6) is -0.324. The van der Waals surface area contributed by atoms with Gasteiger partial charge < -0.3 is 9.84 Å². The lowest BCUT2D eigenvalue weighted by Crippen LogP contribution is -2.17. The van der Waals surface area contributed by atoms with Gasteiger partial charge in [-0.2, -0.15) is 0 Å². The van der Waals surface area contributed by atoms with Crippen LogP contribution in [-0.4, -0.2) is 16.5 Å². The Morgan fingerprint density at radius 3 is 2.45 bits per heavy atom. The molecule has 1 atom stereocenters. The average molecular weight is 283 g/mol. The van der Waals surface area contributed by atoms with Crippen molar-refractivity contribution in [2.24, 2.45) is 0 Å². The first-order valence-electron chi connectivity index (χ1n) is 5.87. The van der Waals surface area contributed by atoms with Crippen LogP contribution in [-0.2, 0) is 0 Å². The second-order valence-corrected chi connectivity index (χ2v) is 4.17. The SMILES string of the molecule is C[C@H](O)c1cccc(-c2ccccc2OC(F)(F)F)n1. The number of aromatic nitrogens is 1. The third kappa shape index (κ3) is 3.48. The third-order valence-corrected chi connectivity index (χ3v) is 2.59. The number of nitrogens with zero attached hydrogens (tertiary/aromatic N) is 1. The van der Waals surface area contributed by atoms with Gasteiger partial charge in [0.15, 0.2) is 0 Å². The van der Waals surface area contributed by atoms with Gasteiger partial charge in [-0.25, -0.2) is 4.98 Å². The molecule has 0 amide bonds. The van der Waals surface area contributed by atoms with Gasteiger partial charge in [-0.1, -0.05) is 18.2 Å². The molecule has 0 radical (unpaired) electrons. The first-order valence-corrected chi connectivity index (χ1v) is 5.87. The lowest BCUT2D eigenvalue weighted by molar-refractivity contribution is -0.274. The molecule has 0 saturated carbocycles. The minimum atomic E-state index is -4.77. The molecule has 6 heteroatoms. The summed E-state index contributed by atoms with van der Waals surface area (Å²) in [6.07, 6.45) is -5.57. The van der Waals surface area contributed by atoms with Crippen LogP contribution in [0.4, 0.5) is 13.2 Å². The van der Waals surface area contributed by atoms with Crippen molar-refractivity contribution in [3.05, 3.63) is 48.2 Å². The molecule has 0 spiro atoms. The van der Waals surface area contributed by atoms with Gasteiger partial charge in [0.05, 0.1) is 17.5 Å². The predicted octanol–water partition coefficient (Wildman–Crippen LogP) is 3.70. The maximum absolute atomic E-state index is 12.4. The zero-order chi connectivity index (χ0) is 14.8. The van der Waals surface area contributed by atoms with Crippen LogP contribution < -0.4 is 4.74 Å². The number of benzene rings is 1. The molecule has 1 aromatic heterocycles. The number of ether oxygens (including phenoxy) is 1. The zero-order valence-corrected chi connectivity index (χ0v) is 10.6. The summed E-state index contributed by atoms with van der Waals surface area (Å²) in [7, 11) is 0. The monoisotopic (exact) mass is 283 g/mol. The molecule has 3 nitrogen and oxygen atoms in total. The number of pyridine rings is 1. The molecule has 0 bridgehead atoms. The number of hydrogen-bond donors (Lipinski definition) is 1. The Morgan fingerprint density at radius 2 is 1.80 bits per heavy atom. The zero-order valence-electron chi connectivity index (χ0n) is 10.6. The standard InChI is InChI=1S/C14H12F3NO2/c1-9(19)11-6-4-7-12(18-11)10-5-2-3-8-13(10)20-14(15,16)17/h2-9,19H,1H3/t9-/m0/s1. The van der Waals surface area contributed by atoms with E-state index in [1.165, 1.54) is 25.1 Å². The number of alkyl halides is 3. The minimum Gasteiger partial charge on any atom is -0.405 e. The Hall–Kier alpha value is -2.08. The summed E-state index contributed by atoms with van der Waals surface area (Å²) in [6, 6.07) is 10.5. The van der Waals surface area contributed by atoms with E-state index in [1.807, 2.05) is 0 Å². The summed E-state index contributed by atoms with van der Waals surface area (Å²) in [5, 5.41) is 9.48. The van der Waals surface area contributed by atoms with Crippen LogP contribution in [0.2, 0.25) is 0 Å². The Labute approximate surface area is 113 Å². The minimum absolute atomic E-state index is 0.215. The average Bonchev–Trinajstić information content (AvgIpc) is 2.37. The molecule has 2 aromatic rings. The molecule has 0 aliphatic carbocycles. The van der Waals surface area contributed by atoms with Gasteiger partial charge in [0.2, 0.25) is 0 Å². The number of halogens is 3. The van der Waals surface area contributed by atoms with Gasteiger partial charge in [-0.05, 0) is 31.2 Å². The van der Waals surface area contributed by atoms with Gasteiger partial charge in [-0.3, -0.25) is 0 Å². The molecule has 0 fully saturated rings. The van der Waals surface area contributed by atoms with Crippen molar-refractivity contribution in [2.75, 3.05) is 0 Å². The quantitative estimate of drug-likeness (QED) is 0.934. The van der Waals surface area contributed by atoms with Crippen LogP contribution in [0.1, 0.15) is 18.7 Å². The van der Waals surface area contributed by atoms with E-state index in [2.05, 4.69) is 9.72 Å². The largest absolute Gasteiger partial charge is 0.573 e. The molecule has 0 saturated heterocycles. The third-order valence-electron chi connectivity index (χ3n) is 2.59. The van der Waals surface area contributed by atoms with Crippen molar-refractivity contribution < 1.29 is 23.0 Å². The fourth-order valence-electron chi connectivity index (χ4n) is 1.73. The van der Waals surface area contributed by atoms with Crippen molar-refractivity contribution in [2.45, 2.75) is 19.4 Å². The van der Waals surface area contributed by atoms with E-state index < -0.39 is 12.5 Å². The highest BCUT2D eigenvalue weighted by molar-refractivity contribution is 5.67. The highest BCUT2D eigenvalue weighted by atomic mass is 19.4. The number of aliphatic hydroxyl groups is 1. The molecular weight excluding hydrogens is 271 g/mol. The number of para-hydroxylation sites is 1. The summed E-state index contributed by atoms with van der Waals surface area (Å²) in [5.41, 5.74) is 0.903. The molecule has 0 aliphatic rings. The molecule has 0 unspecified atom stereocenters. The van der Waals surface area contributed by atoms with Crippen molar-refractivity contribution in [3.8, 4) is 17.0 Å². The fourth-order valence-corrected chi connectivity index (χ4v) is 1.73. The van der Waals surface area contributed by atoms with E-state index in [0.29, 0.717) is 11.4 Å². The first-order chi connectivity index (χ1) is 9.37. The molecule has 106 valence electrons.